The number of hydrogen-bond acceptors (Lipinski definition) is 6. The molecule has 2 aromatic carbocycles. The van der Waals surface area contributed by atoms with E-state index < -0.39 is 0 Å². The minimum absolute atomic E-state index is 0.0896. The molecule has 7 heteroatoms. The second-order valence-electron chi connectivity index (χ2n) is 5.86. The largest absolute Gasteiger partial charge is 0.497 e. The Balaban J connectivity index is 1.55. The van der Waals surface area contributed by atoms with Gasteiger partial charge in [-0.15, -0.1) is 0 Å². The first-order valence-corrected chi connectivity index (χ1v) is 9.59. The van der Waals surface area contributed by atoms with Crippen molar-refractivity contribution >= 4 is 32.6 Å². The molecule has 1 aromatic heterocycles. The van der Waals surface area contributed by atoms with E-state index in [-0.39, 0.29) is 12.5 Å². The zero-order chi connectivity index (χ0) is 19.1. The maximum absolute atomic E-state index is 12.1. The summed E-state index contributed by atoms with van der Waals surface area (Å²) >= 11 is 1.41. The van der Waals surface area contributed by atoms with Gasteiger partial charge in [0.1, 0.15) is 17.2 Å². The summed E-state index contributed by atoms with van der Waals surface area (Å²) in [4.78, 5) is 16.5. The first-order chi connectivity index (χ1) is 13.2. The highest BCUT2D eigenvalue weighted by molar-refractivity contribution is 7.22. The molecule has 1 heterocycles. The predicted molar refractivity (Wildman–Crippen MR) is 107 cm³/mol. The van der Waals surface area contributed by atoms with E-state index in [9.17, 15) is 4.79 Å². The molecule has 3 rings (SSSR count). The molecule has 0 radical (unpaired) electrons. The van der Waals surface area contributed by atoms with Gasteiger partial charge in [-0.3, -0.25) is 10.1 Å². The van der Waals surface area contributed by atoms with Crippen molar-refractivity contribution in [2.24, 2.45) is 0 Å². The van der Waals surface area contributed by atoms with Crippen molar-refractivity contribution in [2.45, 2.75) is 19.8 Å². The van der Waals surface area contributed by atoms with Crippen molar-refractivity contribution in [3.63, 3.8) is 0 Å². The quantitative estimate of drug-likeness (QED) is 0.548. The molecule has 1 N–H and O–H groups in total. The smallest absolute Gasteiger partial charge is 0.264 e. The number of methoxy groups -OCH3 is 1. The third-order valence-corrected chi connectivity index (χ3v) is 4.74. The van der Waals surface area contributed by atoms with Crippen LogP contribution < -0.4 is 19.5 Å². The molecule has 27 heavy (non-hydrogen) atoms. The SMILES string of the molecule is CCCCOc1ccc2nc(NC(=O)COc3ccc(OC)cc3)sc2c1. The number of thiazole rings is 1. The average Bonchev–Trinajstić information content (AvgIpc) is 3.08. The van der Waals surface area contributed by atoms with Crippen LogP contribution >= 0.6 is 11.3 Å². The van der Waals surface area contributed by atoms with Crippen molar-refractivity contribution in [1.29, 1.82) is 0 Å². The Morgan fingerprint density at radius 1 is 1.07 bits per heavy atom. The number of benzene rings is 2. The lowest BCUT2D eigenvalue weighted by atomic mass is 10.3. The van der Waals surface area contributed by atoms with Crippen LogP contribution in [-0.2, 0) is 4.79 Å². The number of hydrogen-bond donors (Lipinski definition) is 1. The molecular formula is C20H22N2O4S. The third kappa shape index (κ3) is 5.34. The Morgan fingerprint density at radius 2 is 1.81 bits per heavy atom. The van der Waals surface area contributed by atoms with Crippen LogP contribution in [0.25, 0.3) is 10.2 Å². The molecule has 0 spiro atoms. The fraction of sp³-hybridized carbons (Fsp3) is 0.300. The minimum Gasteiger partial charge on any atom is -0.497 e. The van der Waals surface area contributed by atoms with Crippen LogP contribution in [0.5, 0.6) is 17.2 Å². The number of anilines is 1. The van der Waals surface area contributed by atoms with E-state index >= 15 is 0 Å². The Kier molecular flexibility index (Phi) is 6.49. The Bertz CT molecular complexity index is 893. The lowest BCUT2D eigenvalue weighted by Crippen LogP contribution is -2.19. The van der Waals surface area contributed by atoms with Crippen LogP contribution in [0.1, 0.15) is 19.8 Å². The molecule has 0 bridgehead atoms. The van der Waals surface area contributed by atoms with Crippen molar-refractivity contribution in [3.05, 3.63) is 42.5 Å². The number of unbranched alkanes of at least 4 members (excludes halogenated alkanes) is 1. The number of nitrogens with one attached hydrogen (secondary N) is 1. The highest BCUT2D eigenvalue weighted by Gasteiger charge is 2.10. The lowest BCUT2D eigenvalue weighted by Gasteiger charge is -2.06. The van der Waals surface area contributed by atoms with E-state index in [1.807, 2.05) is 18.2 Å². The summed E-state index contributed by atoms with van der Waals surface area (Å²) < 4.78 is 17.2. The number of carbonyl (C=O) groups is 1. The van der Waals surface area contributed by atoms with Gasteiger partial charge in [-0.1, -0.05) is 24.7 Å². The molecule has 142 valence electrons. The molecule has 0 fully saturated rings. The topological polar surface area (TPSA) is 69.7 Å². The van der Waals surface area contributed by atoms with E-state index in [1.54, 1.807) is 31.4 Å². The Hall–Kier alpha value is -2.80. The number of amides is 1. The summed E-state index contributed by atoms with van der Waals surface area (Å²) in [6, 6.07) is 12.8. The molecular weight excluding hydrogens is 364 g/mol. The fourth-order valence-corrected chi connectivity index (χ4v) is 3.27. The first-order valence-electron chi connectivity index (χ1n) is 8.78. The molecule has 0 saturated carbocycles. The molecule has 3 aromatic rings. The van der Waals surface area contributed by atoms with Gasteiger partial charge >= 0.3 is 0 Å². The van der Waals surface area contributed by atoms with Crippen molar-refractivity contribution < 1.29 is 19.0 Å². The van der Waals surface area contributed by atoms with Gasteiger partial charge in [0.15, 0.2) is 11.7 Å². The Labute approximate surface area is 162 Å². The molecule has 1 amide bonds. The van der Waals surface area contributed by atoms with Gasteiger partial charge in [-0.05, 0) is 48.9 Å². The van der Waals surface area contributed by atoms with Gasteiger partial charge in [0.2, 0.25) is 0 Å². The van der Waals surface area contributed by atoms with Crippen molar-refractivity contribution in [3.8, 4) is 17.2 Å². The van der Waals surface area contributed by atoms with Crippen molar-refractivity contribution in [2.75, 3.05) is 25.6 Å². The van der Waals surface area contributed by atoms with E-state index in [1.165, 1.54) is 11.3 Å². The highest BCUT2D eigenvalue weighted by Crippen LogP contribution is 2.29. The van der Waals surface area contributed by atoms with Gasteiger partial charge in [-0.25, -0.2) is 4.98 Å². The summed E-state index contributed by atoms with van der Waals surface area (Å²) in [6.07, 6.45) is 2.12. The molecule has 0 aliphatic heterocycles. The summed E-state index contributed by atoms with van der Waals surface area (Å²) in [6.45, 7) is 2.74. The van der Waals surface area contributed by atoms with Gasteiger partial charge in [-0.2, -0.15) is 0 Å². The zero-order valence-electron chi connectivity index (χ0n) is 15.4. The maximum Gasteiger partial charge on any atom is 0.264 e. The van der Waals surface area contributed by atoms with Gasteiger partial charge in [0, 0.05) is 0 Å². The van der Waals surface area contributed by atoms with Crippen LogP contribution in [0.15, 0.2) is 42.5 Å². The first kappa shape index (κ1) is 19.0. The van der Waals surface area contributed by atoms with Crippen molar-refractivity contribution in [1.82, 2.24) is 4.98 Å². The maximum atomic E-state index is 12.1. The molecule has 0 aliphatic rings. The molecule has 6 nitrogen and oxygen atoms in total. The summed E-state index contributed by atoms with van der Waals surface area (Å²) in [5, 5.41) is 3.31. The minimum atomic E-state index is -0.260. The summed E-state index contributed by atoms with van der Waals surface area (Å²) in [7, 11) is 1.60. The monoisotopic (exact) mass is 386 g/mol. The number of rotatable bonds is 9. The van der Waals surface area contributed by atoms with Crippen LogP contribution in [-0.4, -0.2) is 31.2 Å². The third-order valence-electron chi connectivity index (χ3n) is 3.80. The van der Waals surface area contributed by atoms with Crippen LogP contribution in [0.3, 0.4) is 0 Å². The normalized spacial score (nSPS) is 10.6. The van der Waals surface area contributed by atoms with Crippen LogP contribution in [0, 0.1) is 0 Å². The number of ether oxygens (including phenoxy) is 3. The second kappa shape index (κ2) is 9.23. The molecule has 0 aliphatic carbocycles. The van der Waals surface area contributed by atoms with Crippen LogP contribution in [0.4, 0.5) is 5.13 Å². The van der Waals surface area contributed by atoms with Gasteiger partial charge < -0.3 is 14.2 Å². The molecule has 0 unspecified atom stereocenters. The summed E-state index contributed by atoms with van der Waals surface area (Å²) in [5.74, 6) is 1.90. The van der Waals surface area contributed by atoms with Gasteiger partial charge in [0.05, 0.1) is 23.9 Å². The van der Waals surface area contributed by atoms with E-state index in [0.29, 0.717) is 17.5 Å². The molecule has 0 atom stereocenters. The number of carbonyl (C=O) groups excluding carboxylic acids is 1. The zero-order valence-corrected chi connectivity index (χ0v) is 16.2. The number of aromatic nitrogens is 1. The standard InChI is InChI=1S/C20H22N2O4S/c1-3-4-11-25-16-9-10-17-18(12-16)27-20(21-17)22-19(23)13-26-15-7-5-14(24-2)6-8-15/h5-10,12H,3-4,11,13H2,1-2H3,(H,21,22,23). The van der Waals surface area contributed by atoms with E-state index in [2.05, 4.69) is 17.2 Å². The average molecular weight is 386 g/mol. The Morgan fingerprint density at radius 3 is 2.56 bits per heavy atom. The highest BCUT2D eigenvalue weighted by atomic mass is 32.1. The lowest BCUT2D eigenvalue weighted by molar-refractivity contribution is -0.118. The second-order valence-corrected chi connectivity index (χ2v) is 6.89. The summed E-state index contributed by atoms with van der Waals surface area (Å²) in [5.41, 5.74) is 0.828. The number of nitrogens with zero attached hydrogens (tertiary/aromatic N) is 1. The predicted octanol–water partition coefficient (Wildman–Crippen LogP) is 4.50. The van der Waals surface area contributed by atoms with E-state index in [4.69, 9.17) is 14.2 Å². The van der Waals surface area contributed by atoms with Gasteiger partial charge in [0.25, 0.3) is 5.91 Å². The molecule has 0 saturated heterocycles. The van der Waals surface area contributed by atoms with Crippen LogP contribution in [0.2, 0.25) is 0 Å². The number of fused-ring (bicyclic) bond motifs is 1. The van der Waals surface area contributed by atoms with E-state index in [0.717, 1.165) is 34.6 Å². The fourth-order valence-electron chi connectivity index (χ4n) is 2.36.